The second-order valence-electron chi connectivity index (χ2n) is 8.38. The van der Waals surface area contributed by atoms with Crippen LogP contribution in [0.1, 0.15) is 47.2 Å². The predicted molar refractivity (Wildman–Crippen MR) is 122 cm³/mol. The third-order valence-electron chi connectivity index (χ3n) is 5.90. The van der Waals surface area contributed by atoms with Gasteiger partial charge < -0.3 is 14.4 Å². The molecule has 7 heteroatoms. The van der Waals surface area contributed by atoms with Crippen molar-refractivity contribution in [3.05, 3.63) is 70.1 Å². The van der Waals surface area contributed by atoms with E-state index in [1.54, 1.807) is 18.2 Å². The van der Waals surface area contributed by atoms with Gasteiger partial charge in [-0.2, -0.15) is 0 Å². The Bertz CT molecular complexity index is 1180. The van der Waals surface area contributed by atoms with Gasteiger partial charge >= 0.3 is 0 Å². The van der Waals surface area contributed by atoms with E-state index in [0.717, 1.165) is 28.3 Å². The number of ether oxygens (including phenoxy) is 2. The molecule has 0 saturated carbocycles. The fraction of sp³-hybridized carbons (Fsp3) is 0.320. The molecule has 6 nitrogen and oxygen atoms in total. The molecular weight excluding hydrogens is 426 g/mol. The molecule has 0 unspecified atom stereocenters. The molecule has 3 heterocycles. The quantitative estimate of drug-likeness (QED) is 0.569. The fourth-order valence-corrected chi connectivity index (χ4v) is 4.26. The van der Waals surface area contributed by atoms with E-state index >= 15 is 0 Å². The maximum absolute atomic E-state index is 13.2. The lowest BCUT2D eigenvalue weighted by Gasteiger charge is -2.20. The number of aromatic nitrogens is 2. The van der Waals surface area contributed by atoms with Crippen LogP contribution in [0.4, 0.5) is 0 Å². The van der Waals surface area contributed by atoms with Crippen molar-refractivity contribution < 1.29 is 14.3 Å². The van der Waals surface area contributed by atoms with E-state index in [1.807, 2.05) is 29.2 Å². The van der Waals surface area contributed by atoms with Gasteiger partial charge in [0.05, 0.1) is 5.69 Å². The summed E-state index contributed by atoms with van der Waals surface area (Å²) >= 11 is 6.10. The molecule has 164 valence electrons. The van der Waals surface area contributed by atoms with Crippen LogP contribution in [0.5, 0.6) is 11.5 Å². The minimum Gasteiger partial charge on any atom is -0.454 e. The van der Waals surface area contributed by atoms with Crippen LogP contribution < -0.4 is 9.47 Å². The molecule has 0 N–H and O–H groups in total. The minimum absolute atomic E-state index is 0.0128. The summed E-state index contributed by atoms with van der Waals surface area (Å²) in [6.07, 6.45) is 1.39. The molecular formula is C25H24ClN3O3. The molecule has 0 radical (unpaired) electrons. The van der Waals surface area contributed by atoms with E-state index in [9.17, 15) is 4.79 Å². The Hall–Kier alpha value is -3.12. The first-order chi connectivity index (χ1) is 15.5. The number of carbonyl (C=O) groups is 1. The van der Waals surface area contributed by atoms with E-state index in [-0.39, 0.29) is 18.6 Å². The summed E-state index contributed by atoms with van der Waals surface area (Å²) in [6, 6.07) is 13.1. The largest absolute Gasteiger partial charge is 0.454 e. The van der Waals surface area contributed by atoms with E-state index in [0.29, 0.717) is 48.0 Å². The highest BCUT2D eigenvalue weighted by Gasteiger charge is 2.26. The Balaban J connectivity index is 1.46. The number of carbonyl (C=O) groups excluding carboxylic acids is 1. The van der Waals surface area contributed by atoms with Crippen LogP contribution in [0, 0.1) is 0 Å². The second kappa shape index (κ2) is 8.43. The highest BCUT2D eigenvalue weighted by molar-refractivity contribution is 6.30. The number of hydrogen-bond donors (Lipinski definition) is 0. The third-order valence-corrected chi connectivity index (χ3v) is 6.15. The third kappa shape index (κ3) is 3.91. The van der Waals surface area contributed by atoms with Crippen molar-refractivity contribution in [2.24, 2.45) is 0 Å². The molecule has 0 spiro atoms. The molecule has 0 bridgehead atoms. The van der Waals surface area contributed by atoms with Crippen molar-refractivity contribution in [1.29, 1.82) is 0 Å². The summed E-state index contributed by atoms with van der Waals surface area (Å²) in [5.74, 6) is 2.31. The second-order valence-corrected chi connectivity index (χ2v) is 8.81. The lowest BCUT2D eigenvalue weighted by Crippen LogP contribution is -2.33. The molecule has 0 aliphatic carbocycles. The molecule has 32 heavy (non-hydrogen) atoms. The zero-order chi connectivity index (χ0) is 22.2. The summed E-state index contributed by atoms with van der Waals surface area (Å²) < 4.78 is 10.8. The van der Waals surface area contributed by atoms with Gasteiger partial charge in [-0.15, -0.1) is 0 Å². The zero-order valence-corrected chi connectivity index (χ0v) is 18.9. The van der Waals surface area contributed by atoms with Gasteiger partial charge in [0.25, 0.3) is 5.91 Å². The Labute approximate surface area is 192 Å². The van der Waals surface area contributed by atoms with Crippen LogP contribution in [0.2, 0.25) is 5.02 Å². The van der Waals surface area contributed by atoms with Gasteiger partial charge in [0, 0.05) is 52.8 Å². The van der Waals surface area contributed by atoms with E-state index in [1.165, 1.54) is 0 Å². The normalized spacial score (nSPS) is 14.9. The maximum Gasteiger partial charge on any atom is 0.254 e. The van der Waals surface area contributed by atoms with Crippen LogP contribution in [-0.4, -0.2) is 40.7 Å². The zero-order valence-electron chi connectivity index (χ0n) is 18.1. The van der Waals surface area contributed by atoms with Crippen LogP contribution in [-0.2, 0) is 12.8 Å². The highest BCUT2D eigenvalue weighted by atomic mass is 35.5. The summed E-state index contributed by atoms with van der Waals surface area (Å²) in [5.41, 5.74) is 4.69. The van der Waals surface area contributed by atoms with E-state index < -0.39 is 0 Å². The van der Waals surface area contributed by atoms with Gasteiger partial charge in [0.2, 0.25) is 6.79 Å². The SMILES string of the molecule is CC(C)c1nc2c(c(-c3ccc(Cl)cc3)n1)CCN(C(=O)c1ccc3c(c1)OCO3)CC2. The molecule has 2 aromatic carbocycles. The lowest BCUT2D eigenvalue weighted by molar-refractivity contribution is 0.0762. The molecule has 3 aromatic rings. The van der Waals surface area contributed by atoms with Gasteiger partial charge in [0.15, 0.2) is 11.5 Å². The number of amides is 1. The van der Waals surface area contributed by atoms with Gasteiger partial charge in [-0.05, 0) is 36.8 Å². The number of benzene rings is 2. The lowest BCUT2D eigenvalue weighted by atomic mass is 10.00. The average Bonchev–Trinajstić information content (AvgIpc) is 3.16. The Morgan fingerprint density at radius 3 is 2.53 bits per heavy atom. The van der Waals surface area contributed by atoms with Crippen molar-refractivity contribution in [3.8, 4) is 22.8 Å². The average molecular weight is 450 g/mol. The number of fused-ring (bicyclic) bond motifs is 2. The van der Waals surface area contributed by atoms with Crippen molar-refractivity contribution in [3.63, 3.8) is 0 Å². The van der Waals surface area contributed by atoms with Crippen molar-refractivity contribution >= 4 is 17.5 Å². The van der Waals surface area contributed by atoms with Gasteiger partial charge in [0.1, 0.15) is 5.82 Å². The molecule has 0 atom stereocenters. The van der Waals surface area contributed by atoms with Gasteiger partial charge in [-0.3, -0.25) is 4.79 Å². The Morgan fingerprint density at radius 1 is 1.00 bits per heavy atom. The molecule has 5 rings (SSSR count). The molecule has 2 aliphatic rings. The van der Waals surface area contributed by atoms with Crippen molar-refractivity contribution in [1.82, 2.24) is 14.9 Å². The van der Waals surface area contributed by atoms with Crippen LogP contribution >= 0.6 is 11.6 Å². The number of rotatable bonds is 3. The van der Waals surface area contributed by atoms with E-state index in [4.69, 9.17) is 31.0 Å². The van der Waals surface area contributed by atoms with Gasteiger partial charge in [-0.1, -0.05) is 37.6 Å². The molecule has 2 aliphatic heterocycles. The number of nitrogens with zero attached hydrogens (tertiary/aromatic N) is 3. The molecule has 1 amide bonds. The van der Waals surface area contributed by atoms with Crippen LogP contribution in [0.15, 0.2) is 42.5 Å². The molecule has 0 fully saturated rings. The van der Waals surface area contributed by atoms with Gasteiger partial charge in [-0.25, -0.2) is 9.97 Å². The summed E-state index contributed by atoms with van der Waals surface area (Å²) in [5, 5.41) is 0.693. The first-order valence-electron chi connectivity index (χ1n) is 10.8. The monoisotopic (exact) mass is 449 g/mol. The summed E-state index contributed by atoms with van der Waals surface area (Å²) in [4.78, 5) is 24.9. The maximum atomic E-state index is 13.2. The molecule has 0 saturated heterocycles. The Morgan fingerprint density at radius 2 is 1.75 bits per heavy atom. The number of halogens is 1. The standard InChI is InChI=1S/C25H24ClN3O3/c1-15(2)24-27-20-10-12-29(25(30)17-5-8-21-22(13-17)32-14-31-21)11-9-19(20)23(28-24)16-3-6-18(26)7-4-16/h3-8,13,15H,9-12,14H2,1-2H3. The van der Waals surface area contributed by atoms with Crippen LogP contribution in [0.3, 0.4) is 0 Å². The predicted octanol–water partition coefficient (Wildman–Crippen LogP) is 4.89. The highest BCUT2D eigenvalue weighted by Crippen LogP contribution is 2.33. The first kappa shape index (κ1) is 20.8. The van der Waals surface area contributed by atoms with Crippen LogP contribution in [0.25, 0.3) is 11.3 Å². The first-order valence-corrected chi connectivity index (χ1v) is 11.2. The summed E-state index contributed by atoms with van der Waals surface area (Å²) in [6.45, 7) is 5.59. The minimum atomic E-state index is -0.0128. The molecule has 1 aromatic heterocycles. The Kier molecular flexibility index (Phi) is 5.47. The summed E-state index contributed by atoms with van der Waals surface area (Å²) in [7, 11) is 0. The number of hydrogen-bond acceptors (Lipinski definition) is 5. The van der Waals surface area contributed by atoms with Crippen molar-refractivity contribution in [2.75, 3.05) is 19.9 Å². The van der Waals surface area contributed by atoms with Crippen molar-refractivity contribution in [2.45, 2.75) is 32.6 Å². The fourth-order valence-electron chi connectivity index (χ4n) is 4.14. The van der Waals surface area contributed by atoms with E-state index in [2.05, 4.69) is 13.8 Å². The topological polar surface area (TPSA) is 64.6 Å². The smallest absolute Gasteiger partial charge is 0.254 e.